The van der Waals surface area contributed by atoms with E-state index in [4.69, 9.17) is 0 Å². The van der Waals surface area contributed by atoms with Crippen LogP contribution in [0.25, 0.3) is 0 Å². The van der Waals surface area contributed by atoms with Gasteiger partial charge in [0.2, 0.25) is 0 Å². The Morgan fingerprint density at radius 3 is 3.31 bits per heavy atom. The zero-order valence-corrected chi connectivity index (χ0v) is 8.23. The fourth-order valence-electron chi connectivity index (χ4n) is 1.33. The highest BCUT2D eigenvalue weighted by Gasteiger charge is 2.02. The topological polar surface area (TPSA) is 37.0 Å². The molecular weight excluding hydrogens is 182 g/mol. The average Bonchev–Trinajstić information content (AvgIpc) is 2.69. The van der Waals surface area contributed by atoms with Gasteiger partial charge in [-0.3, -0.25) is 0 Å². The van der Waals surface area contributed by atoms with Gasteiger partial charge in [-0.2, -0.15) is 0 Å². The van der Waals surface area contributed by atoms with Crippen LogP contribution < -0.4 is 10.6 Å². The minimum absolute atomic E-state index is 0.940. The molecule has 0 atom stereocenters. The van der Waals surface area contributed by atoms with Gasteiger partial charge in [0.15, 0.2) is 5.13 Å². The fourth-order valence-corrected chi connectivity index (χ4v) is 1.86. The molecule has 2 N–H and O–H groups in total. The van der Waals surface area contributed by atoms with Crippen molar-refractivity contribution in [2.24, 2.45) is 0 Å². The molecule has 0 unspecified atom stereocenters. The van der Waals surface area contributed by atoms with Crippen molar-refractivity contribution in [3.8, 4) is 0 Å². The van der Waals surface area contributed by atoms with E-state index >= 15 is 0 Å². The van der Waals surface area contributed by atoms with Gasteiger partial charge in [0, 0.05) is 24.7 Å². The van der Waals surface area contributed by atoms with Gasteiger partial charge in [0.1, 0.15) is 0 Å². The molecule has 3 nitrogen and oxygen atoms in total. The van der Waals surface area contributed by atoms with E-state index in [0.29, 0.717) is 0 Å². The Hall–Kier alpha value is -0.870. The molecule has 2 rings (SSSR count). The molecule has 2 heterocycles. The molecule has 70 valence electrons. The van der Waals surface area contributed by atoms with Gasteiger partial charge >= 0.3 is 0 Å². The van der Waals surface area contributed by atoms with Crippen LogP contribution in [-0.4, -0.2) is 24.6 Å². The molecule has 0 aliphatic carbocycles. The molecule has 1 aliphatic heterocycles. The van der Waals surface area contributed by atoms with Crippen LogP contribution in [0.4, 0.5) is 5.13 Å². The van der Waals surface area contributed by atoms with Crippen molar-refractivity contribution in [2.45, 2.75) is 6.42 Å². The van der Waals surface area contributed by atoms with E-state index in [1.165, 1.54) is 5.57 Å². The van der Waals surface area contributed by atoms with Crippen LogP contribution in [0.5, 0.6) is 0 Å². The zero-order chi connectivity index (χ0) is 8.93. The van der Waals surface area contributed by atoms with Gasteiger partial charge in [-0.25, -0.2) is 4.98 Å². The van der Waals surface area contributed by atoms with Crippen molar-refractivity contribution in [3.63, 3.8) is 0 Å². The molecule has 4 heteroatoms. The minimum atomic E-state index is 0.940. The molecule has 0 radical (unpaired) electrons. The number of aromatic nitrogens is 1. The summed E-state index contributed by atoms with van der Waals surface area (Å²) >= 11 is 1.65. The Labute approximate surface area is 81.9 Å². The van der Waals surface area contributed by atoms with Crippen molar-refractivity contribution in [3.05, 3.63) is 23.2 Å². The smallest absolute Gasteiger partial charge is 0.182 e. The maximum Gasteiger partial charge on any atom is 0.182 e. The van der Waals surface area contributed by atoms with Gasteiger partial charge in [0.25, 0.3) is 0 Å². The fraction of sp³-hybridized carbons (Fsp3) is 0.444. The largest absolute Gasteiger partial charge is 0.358 e. The Balaban J connectivity index is 1.82. The molecule has 1 aromatic heterocycles. The summed E-state index contributed by atoms with van der Waals surface area (Å²) in [7, 11) is 0. The highest BCUT2D eigenvalue weighted by atomic mass is 32.1. The predicted octanol–water partition coefficient (Wildman–Crippen LogP) is 1.47. The summed E-state index contributed by atoms with van der Waals surface area (Å²) in [5.74, 6) is 0. The summed E-state index contributed by atoms with van der Waals surface area (Å²) in [4.78, 5) is 4.17. The highest BCUT2D eigenvalue weighted by Crippen LogP contribution is 2.12. The van der Waals surface area contributed by atoms with E-state index in [-0.39, 0.29) is 0 Å². The molecule has 0 amide bonds. The van der Waals surface area contributed by atoms with Crippen molar-refractivity contribution in [2.75, 3.05) is 25.0 Å². The normalized spacial score (nSPS) is 16.8. The van der Waals surface area contributed by atoms with Gasteiger partial charge < -0.3 is 10.6 Å². The molecule has 0 saturated carbocycles. The number of rotatable bonds is 3. The Bertz CT molecular complexity index is 279. The molecule has 1 aliphatic rings. The molecule has 0 fully saturated rings. The van der Waals surface area contributed by atoms with E-state index in [1.807, 2.05) is 11.6 Å². The molecule has 1 aromatic rings. The third-order valence-electron chi connectivity index (χ3n) is 2.06. The van der Waals surface area contributed by atoms with Gasteiger partial charge in [-0.15, -0.1) is 11.3 Å². The van der Waals surface area contributed by atoms with E-state index in [0.717, 1.165) is 31.2 Å². The molecule has 13 heavy (non-hydrogen) atoms. The lowest BCUT2D eigenvalue weighted by molar-refractivity contribution is 0.698. The number of thiazole rings is 1. The second-order valence-electron chi connectivity index (χ2n) is 3.01. The third kappa shape index (κ3) is 2.54. The number of nitrogens with one attached hydrogen (secondary N) is 2. The number of hydrogen-bond acceptors (Lipinski definition) is 4. The number of hydrogen-bond donors (Lipinski definition) is 2. The van der Waals surface area contributed by atoms with Crippen LogP contribution in [0.1, 0.15) is 6.42 Å². The van der Waals surface area contributed by atoms with E-state index in [1.54, 1.807) is 11.3 Å². The second-order valence-corrected chi connectivity index (χ2v) is 3.90. The number of anilines is 1. The average molecular weight is 195 g/mol. The van der Waals surface area contributed by atoms with E-state index in [2.05, 4.69) is 21.7 Å². The first-order valence-electron chi connectivity index (χ1n) is 4.47. The summed E-state index contributed by atoms with van der Waals surface area (Å²) in [5.41, 5.74) is 1.48. The molecule has 0 saturated heterocycles. The quantitative estimate of drug-likeness (QED) is 0.717. The van der Waals surface area contributed by atoms with Crippen molar-refractivity contribution in [1.82, 2.24) is 10.3 Å². The van der Waals surface area contributed by atoms with Crippen LogP contribution in [0.3, 0.4) is 0 Å². The SMILES string of the molecule is C1=C(CNc2nccs2)CCNC1. The van der Waals surface area contributed by atoms with Crippen LogP contribution in [0.2, 0.25) is 0 Å². The molecule has 0 aromatic carbocycles. The monoisotopic (exact) mass is 195 g/mol. The van der Waals surface area contributed by atoms with Crippen LogP contribution in [0, 0.1) is 0 Å². The van der Waals surface area contributed by atoms with Crippen LogP contribution >= 0.6 is 11.3 Å². The Morgan fingerprint density at radius 1 is 1.62 bits per heavy atom. The Morgan fingerprint density at radius 2 is 2.62 bits per heavy atom. The lowest BCUT2D eigenvalue weighted by Gasteiger charge is -2.13. The molecular formula is C9H13N3S. The first-order valence-corrected chi connectivity index (χ1v) is 5.35. The number of nitrogens with zero attached hydrogens (tertiary/aromatic N) is 1. The summed E-state index contributed by atoms with van der Waals surface area (Å²) in [6, 6.07) is 0. The second kappa shape index (κ2) is 4.39. The van der Waals surface area contributed by atoms with Gasteiger partial charge in [0.05, 0.1) is 0 Å². The zero-order valence-electron chi connectivity index (χ0n) is 7.42. The lowest BCUT2D eigenvalue weighted by Crippen LogP contribution is -2.23. The Kier molecular flexibility index (Phi) is 2.94. The lowest BCUT2D eigenvalue weighted by atomic mass is 10.1. The summed E-state index contributed by atoms with van der Waals surface area (Å²) in [5, 5.41) is 9.60. The molecule has 0 bridgehead atoms. The standard InChI is InChI=1S/C9H13N3S/c1-3-10-4-2-8(1)7-12-9-11-5-6-13-9/h1,5-6,10H,2-4,7H2,(H,11,12). The van der Waals surface area contributed by atoms with E-state index in [9.17, 15) is 0 Å². The van der Waals surface area contributed by atoms with Gasteiger partial charge in [-0.1, -0.05) is 11.6 Å². The summed E-state index contributed by atoms with van der Waals surface area (Å²) in [6.45, 7) is 3.05. The first-order chi connectivity index (χ1) is 6.45. The summed E-state index contributed by atoms with van der Waals surface area (Å²) in [6.07, 6.45) is 5.23. The minimum Gasteiger partial charge on any atom is -0.358 e. The van der Waals surface area contributed by atoms with Crippen molar-refractivity contribution >= 4 is 16.5 Å². The first kappa shape index (κ1) is 8.72. The van der Waals surface area contributed by atoms with Crippen molar-refractivity contribution < 1.29 is 0 Å². The van der Waals surface area contributed by atoms with Crippen LogP contribution in [-0.2, 0) is 0 Å². The maximum absolute atomic E-state index is 4.17. The van der Waals surface area contributed by atoms with E-state index < -0.39 is 0 Å². The summed E-state index contributed by atoms with van der Waals surface area (Å²) < 4.78 is 0. The van der Waals surface area contributed by atoms with Gasteiger partial charge in [-0.05, 0) is 13.0 Å². The molecule has 0 spiro atoms. The predicted molar refractivity (Wildman–Crippen MR) is 56.2 cm³/mol. The third-order valence-corrected chi connectivity index (χ3v) is 2.79. The van der Waals surface area contributed by atoms with Crippen molar-refractivity contribution in [1.29, 1.82) is 0 Å². The van der Waals surface area contributed by atoms with Crippen LogP contribution in [0.15, 0.2) is 23.2 Å². The maximum atomic E-state index is 4.17. The highest BCUT2D eigenvalue weighted by molar-refractivity contribution is 7.13.